The molecular formula is C18H24ClN3O. The highest BCUT2D eigenvalue weighted by Gasteiger charge is 2.11. The summed E-state index contributed by atoms with van der Waals surface area (Å²) in [5.74, 6) is 1.77. The summed E-state index contributed by atoms with van der Waals surface area (Å²) in [4.78, 5) is 19.5. The van der Waals surface area contributed by atoms with E-state index in [9.17, 15) is 4.79 Å². The van der Waals surface area contributed by atoms with Crippen LogP contribution in [0.5, 0.6) is 0 Å². The number of unbranched alkanes of at least 4 members (excludes halogenated alkanes) is 2. The van der Waals surface area contributed by atoms with Crippen molar-refractivity contribution in [1.29, 1.82) is 0 Å². The van der Waals surface area contributed by atoms with E-state index in [2.05, 4.69) is 29.1 Å². The fourth-order valence-corrected chi connectivity index (χ4v) is 2.63. The molecule has 23 heavy (non-hydrogen) atoms. The molecular weight excluding hydrogens is 310 g/mol. The number of rotatable bonds is 8. The summed E-state index contributed by atoms with van der Waals surface area (Å²) < 4.78 is 0. The van der Waals surface area contributed by atoms with E-state index in [4.69, 9.17) is 11.6 Å². The Morgan fingerprint density at radius 2 is 2.04 bits per heavy atom. The molecule has 124 valence electrons. The van der Waals surface area contributed by atoms with Crippen LogP contribution in [0.2, 0.25) is 5.02 Å². The van der Waals surface area contributed by atoms with Crippen LogP contribution in [0.15, 0.2) is 30.5 Å². The predicted octanol–water partition coefficient (Wildman–Crippen LogP) is 5.28. The van der Waals surface area contributed by atoms with Gasteiger partial charge in [-0.05, 0) is 30.2 Å². The lowest BCUT2D eigenvalue weighted by molar-refractivity contribution is -0.117. The Morgan fingerprint density at radius 3 is 2.74 bits per heavy atom. The molecule has 0 aliphatic carbocycles. The fraction of sp³-hybridized carbons (Fsp3) is 0.444. The monoisotopic (exact) mass is 333 g/mol. The molecule has 0 aliphatic rings. The standard InChI is InChI=1S/C18H24ClN3O/c1-3-4-5-6-13(2)11-17(23)21-16-12-20-18(22-16)14-7-9-15(19)10-8-14/h7-10,12-13H,3-6,11H2,1-2H3,(H,20,22)(H,21,23). The number of H-pyrrole nitrogens is 1. The molecule has 0 spiro atoms. The molecule has 2 aromatic rings. The molecule has 5 heteroatoms. The zero-order valence-electron chi connectivity index (χ0n) is 13.7. The van der Waals surface area contributed by atoms with E-state index in [0.717, 1.165) is 12.0 Å². The van der Waals surface area contributed by atoms with E-state index in [1.165, 1.54) is 19.3 Å². The number of hydrogen-bond donors (Lipinski definition) is 2. The topological polar surface area (TPSA) is 57.8 Å². The fourth-order valence-electron chi connectivity index (χ4n) is 2.50. The summed E-state index contributed by atoms with van der Waals surface area (Å²) in [6.07, 6.45) is 6.91. The van der Waals surface area contributed by atoms with Gasteiger partial charge in [-0.15, -0.1) is 0 Å². The first-order valence-corrected chi connectivity index (χ1v) is 8.57. The molecule has 0 fully saturated rings. The predicted molar refractivity (Wildman–Crippen MR) is 95.6 cm³/mol. The second kappa shape index (κ2) is 8.73. The summed E-state index contributed by atoms with van der Waals surface area (Å²) in [6, 6.07) is 7.41. The highest BCUT2D eigenvalue weighted by Crippen LogP contribution is 2.20. The first-order valence-electron chi connectivity index (χ1n) is 8.19. The zero-order valence-corrected chi connectivity index (χ0v) is 14.5. The van der Waals surface area contributed by atoms with Crippen LogP contribution in [-0.4, -0.2) is 15.9 Å². The Morgan fingerprint density at radius 1 is 1.30 bits per heavy atom. The number of amides is 1. The van der Waals surface area contributed by atoms with Crippen LogP contribution in [0.25, 0.3) is 11.4 Å². The Labute approximate surface area is 142 Å². The van der Waals surface area contributed by atoms with Crippen LogP contribution in [-0.2, 0) is 4.79 Å². The number of halogens is 1. The van der Waals surface area contributed by atoms with E-state index < -0.39 is 0 Å². The van der Waals surface area contributed by atoms with Gasteiger partial charge in [0.2, 0.25) is 5.91 Å². The minimum absolute atomic E-state index is 0.0281. The van der Waals surface area contributed by atoms with E-state index in [1.807, 2.05) is 24.3 Å². The minimum atomic E-state index is 0.0281. The van der Waals surface area contributed by atoms with Gasteiger partial charge in [-0.3, -0.25) is 4.79 Å². The second-order valence-corrected chi connectivity index (χ2v) is 6.44. The van der Waals surface area contributed by atoms with Gasteiger partial charge in [0.05, 0.1) is 6.20 Å². The van der Waals surface area contributed by atoms with Crippen molar-refractivity contribution in [2.24, 2.45) is 5.92 Å². The molecule has 1 aromatic heterocycles. The van der Waals surface area contributed by atoms with Gasteiger partial charge in [0.25, 0.3) is 0 Å². The normalized spacial score (nSPS) is 12.1. The number of carbonyl (C=O) groups is 1. The van der Waals surface area contributed by atoms with Crippen molar-refractivity contribution in [3.05, 3.63) is 35.5 Å². The van der Waals surface area contributed by atoms with Crippen LogP contribution in [0, 0.1) is 5.92 Å². The second-order valence-electron chi connectivity index (χ2n) is 6.01. The maximum absolute atomic E-state index is 12.1. The first kappa shape index (κ1) is 17.5. The molecule has 0 radical (unpaired) electrons. The Hall–Kier alpha value is -1.81. The van der Waals surface area contributed by atoms with Crippen molar-refractivity contribution < 1.29 is 4.79 Å². The lowest BCUT2D eigenvalue weighted by Gasteiger charge is -2.10. The van der Waals surface area contributed by atoms with Crippen LogP contribution >= 0.6 is 11.6 Å². The number of benzene rings is 1. The number of nitrogens with one attached hydrogen (secondary N) is 2. The van der Waals surface area contributed by atoms with Gasteiger partial charge >= 0.3 is 0 Å². The van der Waals surface area contributed by atoms with Crippen LogP contribution < -0.4 is 5.32 Å². The SMILES string of the molecule is CCCCCC(C)CC(=O)Nc1cnc(-c2ccc(Cl)cc2)[nH]1. The van der Waals surface area contributed by atoms with E-state index in [-0.39, 0.29) is 5.91 Å². The Kier molecular flexibility index (Phi) is 6.66. The number of carbonyl (C=O) groups excluding carboxylic acids is 1. The quantitative estimate of drug-likeness (QED) is 0.646. The Balaban J connectivity index is 1.86. The van der Waals surface area contributed by atoms with Crippen molar-refractivity contribution in [2.45, 2.75) is 46.0 Å². The molecule has 0 saturated heterocycles. The van der Waals surface area contributed by atoms with E-state index in [1.54, 1.807) is 6.20 Å². The van der Waals surface area contributed by atoms with Crippen LogP contribution in [0.3, 0.4) is 0 Å². The molecule has 0 saturated carbocycles. The lowest BCUT2D eigenvalue weighted by Crippen LogP contribution is -2.15. The number of anilines is 1. The van der Waals surface area contributed by atoms with Gasteiger partial charge in [0.15, 0.2) is 0 Å². The number of nitrogens with zero attached hydrogens (tertiary/aromatic N) is 1. The maximum atomic E-state index is 12.1. The summed E-state index contributed by atoms with van der Waals surface area (Å²) >= 11 is 5.88. The molecule has 1 amide bonds. The lowest BCUT2D eigenvalue weighted by atomic mass is 10.00. The Bertz CT molecular complexity index is 621. The maximum Gasteiger partial charge on any atom is 0.225 e. The van der Waals surface area contributed by atoms with Gasteiger partial charge in [0.1, 0.15) is 11.6 Å². The van der Waals surface area contributed by atoms with E-state index >= 15 is 0 Å². The van der Waals surface area contributed by atoms with Crippen LogP contribution in [0.1, 0.15) is 46.0 Å². The highest BCUT2D eigenvalue weighted by molar-refractivity contribution is 6.30. The number of aromatic amines is 1. The average Bonchev–Trinajstić information content (AvgIpc) is 2.96. The summed E-state index contributed by atoms with van der Waals surface area (Å²) in [5.41, 5.74) is 0.933. The van der Waals surface area contributed by atoms with Crippen molar-refractivity contribution in [3.63, 3.8) is 0 Å². The first-order chi connectivity index (χ1) is 11.1. The number of imidazole rings is 1. The van der Waals surface area contributed by atoms with Gasteiger partial charge in [-0.1, -0.05) is 51.1 Å². The van der Waals surface area contributed by atoms with Gasteiger partial charge in [-0.25, -0.2) is 4.98 Å². The third-order valence-electron chi connectivity index (χ3n) is 3.80. The number of hydrogen-bond acceptors (Lipinski definition) is 2. The third-order valence-corrected chi connectivity index (χ3v) is 4.05. The third kappa shape index (κ3) is 5.71. The molecule has 2 N–H and O–H groups in total. The van der Waals surface area contributed by atoms with Gasteiger partial charge in [0, 0.05) is 17.0 Å². The highest BCUT2D eigenvalue weighted by atomic mass is 35.5. The van der Waals surface area contributed by atoms with E-state index in [0.29, 0.717) is 29.0 Å². The molecule has 1 aromatic carbocycles. The molecule has 1 heterocycles. The van der Waals surface area contributed by atoms with Crippen molar-refractivity contribution in [3.8, 4) is 11.4 Å². The zero-order chi connectivity index (χ0) is 16.7. The summed E-state index contributed by atoms with van der Waals surface area (Å²) in [7, 11) is 0. The minimum Gasteiger partial charge on any atom is -0.325 e. The molecule has 1 atom stereocenters. The largest absolute Gasteiger partial charge is 0.325 e. The van der Waals surface area contributed by atoms with Crippen molar-refractivity contribution in [1.82, 2.24) is 9.97 Å². The molecule has 0 bridgehead atoms. The molecule has 1 unspecified atom stereocenters. The smallest absolute Gasteiger partial charge is 0.225 e. The summed E-state index contributed by atoms with van der Waals surface area (Å²) in [6.45, 7) is 4.31. The van der Waals surface area contributed by atoms with Gasteiger partial charge < -0.3 is 10.3 Å². The summed E-state index contributed by atoms with van der Waals surface area (Å²) in [5, 5.41) is 3.57. The molecule has 2 rings (SSSR count). The molecule has 4 nitrogen and oxygen atoms in total. The van der Waals surface area contributed by atoms with Crippen molar-refractivity contribution in [2.75, 3.05) is 5.32 Å². The van der Waals surface area contributed by atoms with Gasteiger partial charge in [-0.2, -0.15) is 0 Å². The number of aromatic nitrogens is 2. The van der Waals surface area contributed by atoms with Crippen LogP contribution in [0.4, 0.5) is 5.82 Å². The average molecular weight is 334 g/mol. The van der Waals surface area contributed by atoms with Crippen molar-refractivity contribution >= 4 is 23.3 Å². The molecule has 0 aliphatic heterocycles.